The fourth-order valence-corrected chi connectivity index (χ4v) is 2.66. The number of hydrogen-bond acceptors (Lipinski definition) is 3. The van der Waals surface area contributed by atoms with E-state index in [1.165, 1.54) is 11.3 Å². The summed E-state index contributed by atoms with van der Waals surface area (Å²) in [5.74, 6) is 0.0877. The molecule has 0 bridgehead atoms. The van der Waals surface area contributed by atoms with Gasteiger partial charge in [-0.2, -0.15) is 0 Å². The molecule has 1 amide bonds. The number of carbonyl (C=O) groups is 1. The predicted molar refractivity (Wildman–Crippen MR) is 82.7 cm³/mol. The first-order valence-electron chi connectivity index (χ1n) is 6.43. The topological polar surface area (TPSA) is 32.3 Å². The molecule has 1 aromatic rings. The Balaban J connectivity index is 2.55. The molecule has 0 saturated carbocycles. The Hall–Kier alpha value is -0.840. The summed E-state index contributed by atoms with van der Waals surface area (Å²) in [4.78, 5) is 15.0. The summed E-state index contributed by atoms with van der Waals surface area (Å²) in [6, 6.07) is 4.17. The molecule has 5 heteroatoms. The van der Waals surface area contributed by atoms with Crippen molar-refractivity contribution in [2.45, 2.75) is 32.9 Å². The van der Waals surface area contributed by atoms with E-state index in [4.69, 9.17) is 11.6 Å². The van der Waals surface area contributed by atoms with Crippen LogP contribution in [0.25, 0.3) is 0 Å². The highest BCUT2D eigenvalue weighted by atomic mass is 35.5. The third-order valence-corrected chi connectivity index (χ3v) is 4.11. The molecular weight excluding hydrogens is 280 g/mol. The Morgan fingerprint density at radius 1 is 1.63 bits per heavy atom. The molecule has 0 saturated heterocycles. The maximum Gasteiger partial charge on any atom is 0.237 e. The third kappa shape index (κ3) is 5.76. The van der Waals surface area contributed by atoms with Gasteiger partial charge in [0.2, 0.25) is 5.91 Å². The summed E-state index contributed by atoms with van der Waals surface area (Å²) >= 11 is 7.41. The summed E-state index contributed by atoms with van der Waals surface area (Å²) in [6.07, 6.45) is 2.76. The molecule has 1 unspecified atom stereocenters. The lowest BCUT2D eigenvalue weighted by Gasteiger charge is -2.21. The number of hydrogen-bond donors (Lipinski definition) is 1. The highest BCUT2D eigenvalue weighted by Crippen LogP contribution is 2.22. The molecule has 0 aromatic carbocycles. The number of thiophene rings is 1. The van der Waals surface area contributed by atoms with Crippen LogP contribution in [0.5, 0.6) is 0 Å². The minimum Gasteiger partial charge on any atom is -0.333 e. The van der Waals surface area contributed by atoms with Gasteiger partial charge < -0.3 is 10.2 Å². The smallest absolute Gasteiger partial charge is 0.237 e. The molecular formula is C14H21ClN2OS. The van der Waals surface area contributed by atoms with Gasteiger partial charge in [0.15, 0.2) is 0 Å². The van der Waals surface area contributed by atoms with Crippen molar-refractivity contribution >= 4 is 28.8 Å². The second kappa shape index (κ2) is 8.35. The lowest BCUT2D eigenvalue weighted by Crippen LogP contribution is -2.40. The van der Waals surface area contributed by atoms with Crippen LogP contribution >= 0.6 is 22.9 Å². The number of carbonyl (C=O) groups excluding carboxylic acids is 1. The average Bonchev–Trinajstić information content (AvgIpc) is 2.80. The van der Waals surface area contributed by atoms with Crippen molar-refractivity contribution in [1.29, 1.82) is 0 Å². The quantitative estimate of drug-likeness (QED) is 0.747. The van der Waals surface area contributed by atoms with E-state index in [0.717, 1.165) is 15.6 Å². The van der Waals surface area contributed by atoms with Crippen molar-refractivity contribution in [2.24, 2.45) is 0 Å². The first-order valence-corrected chi connectivity index (χ1v) is 7.62. The molecule has 0 radical (unpaired) electrons. The highest BCUT2D eigenvalue weighted by molar-refractivity contribution is 7.16. The zero-order chi connectivity index (χ0) is 14.3. The van der Waals surface area contributed by atoms with Crippen LogP contribution in [-0.4, -0.2) is 29.9 Å². The molecule has 1 rings (SSSR count). The molecule has 0 fully saturated rings. The highest BCUT2D eigenvalue weighted by Gasteiger charge is 2.14. The lowest BCUT2D eigenvalue weighted by atomic mass is 10.2. The molecule has 19 heavy (non-hydrogen) atoms. The zero-order valence-corrected chi connectivity index (χ0v) is 13.1. The Labute approximate surface area is 124 Å². The SMILES string of the molecule is C=CCN(Cc1ccc(Cl)s1)C(=O)CNC(C)CC. The number of nitrogens with one attached hydrogen (secondary N) is 1. The van der Waals surface area contributed by atoms with Gasteiger partial charge >= 0.3 is 0 Å². The van der Waals surface area contributed by atoms with Crippen LogP contribution in [0, 0.1) is 0 Å². The van der Waals surface area contributed by atoms with Crippen molar-refractivity contribution in [3.8, 4) is 0 Å². The molecule has 1 atom stereocenters. The average molecular weight is 301 g/mol. The molecule has 0 spiro atoms. The largest absolute Gasteiger partial charge is 0.333 e. The monoisotopic (exact) mass is 300 g/mol. The van der Waals surface area contributed by atoms with Gasteiger partial charge in [-0.25, -0.2) is 0 Å². The number of amides is 1. The van der Waals surface area contributed by atoms with Crippen LogP contribution in [0.15, 0.2) is 24.8 Å². The van der Waals surface area contributed by atoms with E-state index in [2.05, 4.69) is 25.7 Å². The first kappa shape index (κ1) is 16.2. The van der Waals surface area contributed by atoms with E-state index >= 15 is 0 Å². The van der Waals surface area contributed by atoms with Crippen molar-refractivity contribution in [2.75, 3.05) is 13.1 Å². The summed E-state index contributed by atoms with van der Waals surface area (Å²) in [5, 5.41) is 3.21. The Bertz CT molecular complexity index is 419. The summed E-state index contributed by atoms with van der Waals surface area (Å²) in [6.45, 7) is 9.38. The molecule has 0 aliphatic heterocycles. The van der Waals surface area contributed by atoms with Crippen LogP contribution in [-0.2, 0) is 11.3 Å². The summed E-state index contributed by atoms with van der Waals surface area (Å²) in [7, 11) is 0. The van der Waals surface area contributed by atoms with Gasteiger partial charge in [0, 0.05) is 17.5 Å². The van der Waals surface area contributed by atoms with Gasteiger partial charge in [-0.05, 0) is 25.5 Å². The van der Waals surface area contributed by atoms with E-state index in [1.807, 2.05) is 12.1 Å². The predicted octanol–water partition coefficient (Wildman–Crippen LogP) is 3.30. The molecule has 1 heterocycles. The summed E-state index contributed by atoms with van der Waals surface area (Å²) < 4.78 is 0.749. The molecule has 106 valence electrons. The molecule has 3 nitrogen and oxygen atoms in total. The molecule has 0 aliphatic rings. The normalized spacial score (nSPS) is 12.2. The fourth-order valence-electron chi connectivity index (χ4n) is 1.55. The standard InChI is InChI=1S/C14H21ClN2OS/c1-4-8-17(10-12-6-7-13(15)19-12)14(18)9-16-11(3)5-2/h4,6-7,11,16H,1,5,8-10H2,2-3H3. The van der Waals surface area contributed by atoms with Crippen molar-refractivity contribution in [3.05, 3.63) is 34.0 Å². The van der Waals surface area contributed by atoms with Crippen molar-refractivity contribution < 1.29 is 4.79 Å². The number of rotatable bonds is 8. The van der Waals surface area contributed by atoms with Crippen molar-refractivity contribution in [3.63, 3.8) is 0 Å². The van der Waals surface area contributed by atoms with Gasteiger partial charge in [-0.15, -0.1) is 17.9 Å². The second-order valence-corrected chi connectivity index (χ2v) is 6.26. The van der Waals surface area contributed by atoms with Crippen LogP contribution in [0.2, 0.25) is 4.34 Å². The fraction of sp³-hybridized carbons (Fsp3) is 0.500. The maximum atomic E-state index is 12.2. The zero-order valence-electron chi connectivity index (χ0n) is 11.5. The Morgan fingerprint density at radius 2 is 2.37 bits per heavy atom. The van der Waals surface area contributed by atoms with Gasteiger partial charge in [0.1, 0.15) is 0 Å². The number of halogens is 1. The van der Waals surface area contributed by atoms with Crippen LogP contribution in [0.3, 0.4) is 0 Å². The number of nitrogens with zero attached hydrogens (tertiary/aromatic N) is 1. The third-order valence-electron chi connectivity index (χ3n) is 2.89. The first-order chi connectivity index (χ1) is 9.06. The second-order valence-electron chi connectivity index (χ2n) is 4.46. The van der Waals surface area contributed by atoms with Gasteiger partial charge in [-0.1, -0.05) is 24.6 Å². The molecule has 1 aromatic heterocycles. The van der Waals surface area contributed by atoms with Crippen molar-refractivity contribution in [1.82, 2.24) is 10.2 Å². The lowest BCUT2D eigenvalue weighted by molar-refractivity contribution is -0.130. The van der Waals surface area contributed by atoms with E-state index in [1.54, 1.807) is 11.0 Å². The molecule has 1 N–H and O–H groups in total. The van der Waals surface area contributed by atoms with Gasteiger partial charge in [-0.3, -0.25) is 4.79 Å². The van der Waals surface area contributed by atoms with E-state index in [0.29, 0.717) is 25.7 Å². The Kier molecular flexibility index (Phi) is 7.13. The van der Waals surface area contributed by atoms with Gasteiger partial charge in [0.25, 0.3) is 0 Å². The van der Waals surface area contributed by atoms with Crippen LogP contribution in [0.1, 0.15) is 25.1 Å². The minimum atomic E-state index is 0.0877. The summed E-state index contributed by atoms with van der Waals surface area (Å²) in [5.41, 5.74) is 0. The Morgan fingerprint density at radius 3 is 2.89 bits per heavy atom. The van der Waals surface area contributed by atoms with E-state index < -0.39 is 0 Å². The minimum absolute atomic E-state index is 0.0877. The molecule has 0 aliphatic carbocycles. The van der Waals surface area contributed by atoms with Gasteiger partial charge in [0.05, 0.1) is 17.4 Å². The van der Waals surface area contributed by atoms with Crippen LogP contribution in [0.4, 0.5) is 0 Å². The van der Waals surface area contributed by atoms with E-state index in [9.17, 15) is 4.79 Å². The van der Waals surface area contributed by atoms with E-state index in [-0.39, 0.29) is 5.91 Å². The van der Waals surface area contributed by atoms with Crippen LogP contribution < -0.4 is 5.32 Å². The maximum absolute atomic E-state index is 12.2.